The van der Waals surface area contributed by atoms with Crippen molar-refractivity contribution in [3.8, 4) is 11.5 Å². The molecular weight excluding hydrogens is 254 g/mol. The standard InChI is InChI=1S/C15H17N3O2/c16-11-3-9(4-11)7-18-15-12-6-14-13(19-8-20-14)5-10(12)1-2-17-15/h1-2,5-6,9,11H,3-4,7-8,16H2,(H,17,18). The molecule has 2 aromatic rings. The highest BCUT2D eigenvalue weighted by Crippen LogP contribution is 2.38. The number of hydrogen-bond acceptors (Lipinski definition) is 5. The third-order valence-electron chi connectivity index (χ3n) is 4.09. The lowest BCUT2D eigenvalue weighted by Crippen LogP contribution is -2.39. The van der Waals surface area contributed by atoms with E-state index in [2.05, 4.69) is 10.3 Å². The van der Waals surface area contributed by atoms with Crippen LogP contribution in [0.3, 0.4) is 0 Å². The van der Waals surface area contributed by atoms with Crippen LogP contribution in [0.1, 0.15) is 12.8 Å². The Balaban J connectivity index is 1.62. The number of nitrogens with zero attached hydrogens (tertiary/aromatic N) is 1. The van der Waals surface area contributed by atoms with Crippen LogP contribution >= 0.6 is 0 Å². The maximum absolute atomic E-state index is 5.82. The number of pyridine rings is 1. The number of anilines is 1. The number of hydrogen-bond donors (Lipinski definition) is 2. The molecule has 1 saturated carbocycles. The molecule has 3 N–H and O–H groups in total. The van der Waals surface area contributed by atoms with Gasteiger partial charge in [0.2, 0.25) is 6.79 Å². The summed E-state index contributed by atoms with van der Waals surface area (Å²) in [5.41, 5.74) is 5.82. The number of fused-ring (bicyclic) bond motifs is 2. The number of ether oxygens (including phenoxy) is 2. The minimum Gasteiger partial charge on any atom is -0.454 e. The van der Waals surface area contributed by atoms with Gasteiger partial charge >= 0.3 is 0 Å². The molecule has 5 heteroatoms. The molecular formula is C15H17N3O2. The summed E-state index contributed by atoms with van der Waals surface area (Å²) in [6.45, 7) is 1.22. The third kappa shape index (κ3) is 1.94. The first kappa shape index (κ1) is 11.8. The fraction of sp³-hybridized carbons (Fsp3) is 0.400. The van der Waals surface area contributed by atoms with Crippen molar-refractivity contribution in [3.05, 3.63) is 24.4 Å². The first-order valence-electron chi connectivity index (χ1n) is 6.97. The van der Waals surface area contributed by atoms with Crippen LogP contribution in [-0.2, 0) is 0 Å². The average molecular weight is 271 g/mol. The Bertz CT molecular complexity index is 653. The monoisotopic (exact) mass is 271 g/mol. The average Bonchev–Trinajstić information content (AvgIpc) is 2.87. The topological polar surface area (TPSA) is 69.4 Å². The lowest BCUT2D eigenvalue weighted by Gasteiger charge is -2.32. The molecule has 104 valence electrons. The quantitative estimate of drug-likeness (QED) is 0.894. The molecule has 0 radical (unpaired) electrons. The van der Waals surface area contributed by atoms with E-state index >= 15 is 0 Å². The van der Waals surface area contributed by atoms with Gasteiger partial charge in [0.05, 0.1) is 0 Å². The van der Waals surface area contributed by atoms with Gasteiger partial charge in [-0.1, -0.05) is 0 Å². The number of nitrogens with two attached hydrogens (primary N) is 1. The molecule has 0 atom stereocenters. The van der Waals surface area contributed by atoms with E-state index in [-0.39, 0.29) is 0 Å². The van der Waals surface area contributed by atoms with Crippen LogP contribution in [0.5, 0.6) is 11.5 Å². The van der Waals surface area contributed by atoms with E-state index in [0.29, 0.717) is 18.8 Å². The highest BCUT2D eigenvalue weighted by atomic mass is 16.7. The van der Waals surface area contributed by atoms with E-state index in [1.54, 1.807) is 0 Å². The van der Waals surface area contributed by atoms with Gasteiger partial charge in [-0.2, -0.15) is 0 Å². The molecule has 1 fully saturated rings. The second-order valence-electron chi connectivity index (χ2n) is 5.56. The summed E-state index contributed by atoms with van der Waals surface area (Å²) in [5, 5.41) is 5.62. The molecule has 4 rings (SSSR count). The van der Waals surface area contributed by atoms with Gasteiger partial charge in [0, 0.05) is 24.2 Å². The Kier molecular flexibility index (Phi) is 2.67. The first-order chi connectivity index (χ1) is 9.79. The van der Waals surface area contributed by atoms with Crippen LogP contribution in [0, 0.1) is 5.92 Å². The van der Waals surface area contributed by atoms with Crippen LogP contribution in [0.4, 0.5) is 5.82 Å². The predicted molar refractivity (Wildman–Crippen MR) is 77.1 cm³/mol. The Morgan fingerprint density at radius 2 is 2.05 bits per heavy atom. The van der Waals surface area contributed by atoms with Gasteiger partial charge < -0.3 is 20.5 Å². The fourth-order valence-corrected chi connectivity index (χ4v) is 2.90. The van der Waals surface area contributed by atoms with E-state index in [0.717, 1.165) is 47.5 Å². The van der Waals surface area contributed by atoms with Gasteiger partial charge in [-0.05, 0) is 42.3 Å². The smallest absolute Gasteiger partial charge is 0.231 e. The highest BCUT2D eigenvalue weighted by molar-refractivity contribution is 5.94. The minimum absolute atomic E-state index is 0.293. The Labute approximate surface area is 117 Å². The van der Waals surface area contributed by atoms with E-state index in [4.69, 9.17) is 15.2 Å². The molecule has 5 nitrogen and oxygen atoms in total. The molecule has 1 aliphatic heterocycles. The third-order valence-corrected chi connectivity index (χ3v) is 4.09. The minimum atomic E-state index is 0.293. The van der Waals surface area contributed by atoms with Crippen LogP contribution in [-0.4, -0.2) is 24.4 Å². The molecule has 1 aliphatic carbocycles. The fourth-order valence-electron chi connectivity index (χ4n) is 2.90. The molecule has 20 heavy (non-hydrogen) atoms. The summed E-state index contributed by atoms with van der Waals surface area (Å²) in [6.07, 6.45) is 4.02. The Morgan fingerprint density at radius 3 is 2.85 bits per heavy atom. The summed E-state index contributed by atoms with van der Waals surface area (Å²) in [6, 6.07) is 6.38. The Hall–Kier alpha value is -2.01. The molecule has 0 spiro atoms. The number of aromatic nitrogens is 1. The van der Waals surface area contributed by atoms with Crippen molar-refractivity contribution >= 4 is 16.6 Å². The highest BCUT2D eigenvalue weighted by Gasteiger charge is 2.25. The number of nitrogens with one attached hydrogen (secondary N) is 1. The van der Waals surface area contributed by atoms with E-state index < -0.39 is 0 Å². The summed E-state index contributed by atoms with van der Waals surface area (Å²) in [7, 11) is 0. The van der Waals surface area contributed by atoms with Gasteiger partial charge in [-0.15, -0.1) is 0 Å². The molecule has 2 aliphatic rings. The number of rotatable bonds is 3. The maximum atomic E-state index is 5.82. The van der Waals surface area contributed by atoms with Crippen LogP contribution in [0.25, 0.3) is 10.8 Å². The maximum Gasteiger partial charge on any atom is 0.231 e. The second-order valence-corrected chi connectivity index (χ2v) is 5.56. The van der Waals surface area contributed by atoms with Crippen molar-refractivity contribution in [2.45, 2.75) is 18.9 Å². The van der Waals surface area contributed by atoms with Gasteiger partial charge in [0.15, 0.2) is 11.5 Å². The van der Waals surface area contributed by atoms with E-state index in [1.807, 2.05) is 24.4 Å². The second kappa shape index (κ2) is 4.52. The zero-order chi connectivity index (χ0) is 13.5. The van der Waals surface area contributed by atoms with Crippen molar-refractivity contribution in [3.63, 3.8) is 0 Å². The molecule has 0 bridgehead atoms. The molecule has 0 amide bonds. The molecule has 0 saturated heterocycles. The molecule has 2 heterocycles. The SMILES string of the molecule is NC1CC(CNc2nccc3cc4c(cc23)OCO4)C1. The van der Waals surface area contributed by atoms with Crippen LogP contribution in [0.2, 0.25) is 0 Å². The largest absolute Gasteiger partial charge is 0.454 e. The number of benzene rings is 1. The van der Waals surface area contributed by atoms with Crippen molar-refractivity contribution in [1.82, 2.24) is 4.98 Å². The van der Waals surface area contributed by atoms with Crippen molar-refractivity contribution < 1.29 is 9.47 Å². The van der Waals surface area contributed by atoms with Crippen LogP contribution < -0.4 is 20.5 Å². The summed E-state index contributed by atoms with van der Waals surface area (Å²) in [5.74, 6) is 3.16. The van der Waals surface area contributed by atoms with Crippen molar-refractivity contribution in [2.24, 2.45) is 11.7 Å². The lowest BCUT2D eigenvalue weighted by molar-refractivity contribution is 0.174. The first-order valence-corrected chi connectivity index (χ1v) is 6.97. The van der Waals surface area contributed by atoms with Gasteiger partial charge in [0.25, 0.3) is 0 Å². The van der Waals surface area contributed by atoms with Crippen molar-refractivity contribution in [2.75, 3.05) is 18.7 Å². The van der Waals surface area contributed by atoms with Gasteiger partial charge in [0.1, 0.15) is 5.82 Å². The normalized spacial score (nSPS) is 23.6. The molecule has 0 unspecified atom stereocenters. The van der Waals surface area contributed by atoms with Crippen LogP contribution in [0.15, 0.2) is 24.4 Å². The van der Waals surface area contributed by atoms with E-state index in [1.165, 1.54) is 0 Å². The Morgan fingerprint density at radius 1 is 1.25 bits per heavy atom. The lowest BCUT2D eigenvalue weighted by atomic mass is 9.81. The predicted octanol–water partition coefficient (Wildman–Crippen LogP) is 2.11. The molecule has 1 aromatic carbocycles. The summed E-state index contributed by atoms with van der Waals surface area (Å²) < 4.78 is 10.8. The summed E-state index contributed by atoms with van der Waals surface area (Å²) in [4.78, 5) is 4.44. The van der Waals surface area contributed by atoms with E-state index in [9.17, 15) is 0 Å². The van der Waals surface area contributed by atoms with Crippen molar-refractivity contribution in [1.29, 1.82) is 0 Å². The zero-order valence-electron chi connectivity index (χ0n) is 11.1. The van der Waals surface area contributed by atoms with Gasteiger partial charge in [-0.3, -0.25) is 0 Å². The molecule has 1 aromatic heterocycles. The zero-order valence-corrected chi connectivity index (χ0v) is 11.1. The summed E-state index contributed by atoms with van der Waals surface area (Å²) >= 11 is 0. The van der Waals surface area contributed by atoms with Gasteiger partial charge in [-0.25, -0.2) is 4.98 Å².